The van der Waals surface area contributed by atoms with Crippen LogP contribution in [-0.4, -0.2) is 16.5 Å². The van der Waals surface area contributed by atoms with Crippen molar-refractivity contribution in [3.63, 3.8) is 0 Å². The first-order valence-electron chi connectivity index (χ1n) is 8.77. The molecule has 3 aliphatic carbocycles. The fraction of sp³-hybridized carbons (Fsp3) is 0.895. The van der Waals surface area contributed by atoms with Crippen LogP contribution in [0.3, 0.4) is 0 Å². The third kappa shape index (κ3) is 2.30. The highest BCUT2D eigenvalue weighted by atomic mass is 16.5. The van der Waals surface area contributed by atoms with E-state index in [2.05, 4.69) is 33.8 Å². The Morgan fingerprint density at radius 1 is 1.05 bits per heavy atom. The Hall–Kier alpha value is -0.340. The molecule has 21 heavy (non-hydrogen) atoms. The fourth-order valence-electron chi connectivity index (χ4n) is 6.02. The van der Waals surface area contributed by atoms with E-state index >= 15 is 0 Å². The summed E-state index contributed by atoms with van der Waals surface area (Å²) >= 11 is 0. The lowest BCUT2D eigenvalue weighted by molar-refractivity contribution is -0.202. The Kier molecular flexibility index (Phi) is 3.57. The van der Waals surface area contributed by atoms with Gasteiger partial charge in [0.1, 0.15) is 0 Å². The SMILES string of the molecule is CC1(C)C=C2CCC3[C@](C)(C(O)O)CCC[C@]3(C)C2CC1. The number of rotatable bonds is 1. The number of hydrogen-bond donors (Lipinski definition) is 2. The molecule has 2 fully saturated rings. The summed E-state index contributed by atoms with van der Waals surface area (Å²) in [5, 5.41) is 20.0. The largest absolute Gasteiger partial charge is 0.368 e. The molecule has 120 valence electrons. The minimum Gasteiger partial charge on any atom is -0.368 e. The van der Waals surface area contributed by atoms with E-state index in [1.54, 1.807) is 5.57 Å². The zero-order valence-electron chi connectivity index (χ0n) is 14.2. The molecule has 0 saturated heterocycles. The van der Waals surface area contributed by atoms with Crippen LogP contribution in [0, 0.1) is 28.1 Å². The van der Waals surface area contributed by atoms with Gasteiger partial charge in [0.2, 0.25) is 0 Å². The number of aliphatic hydroxyl groups is 2. The highest BCUT2D eigenvalue weighted by Gasteiger charge is 2.57. The van der Waals surface area contributed by atoms with Crippen LogP contribution in [0.4, 0.5) is 0 Å². The Labute approximate surface area is 129 Å². The molecule has 4 atom stereocenters. The molecule has 0 aromatic heterocycles. The van der Waals surface area contributed by atoms with Gasteiger partial charge in [0.15, 0.2) is 6.29 Å². The van der Waals surface area contributed by atoms with Crippen molar-refractivity contribution in [1.29, 1.82) is 0 Å². The van der Waals surface area contributed by atoms with Crippen LogP contribution in [-0.2, 0) is 0 Å². The first kappa shape index (κ1) is 15.6. The fourth-order valence-corrected chi connectivity index (χ4v) is 6.02. The maximum atomic E-state index is 10.0. The van der Waals surface area contributed by atoms with Crippen molar-refractivity contribution in [1.82, 2.24) is 0 Å². The summed E-state index contributed by atoms with van der Waals surface area (Å²) in [6.07, 6.45) is 9.56. The second-order valence-electron chi connectivity index (χ2n) is 9.13. The topological polar surface area (TPSA) is 40.5 Å². The van der Waals surface area contributed by atoms with Crippen molar-refractivity contribution in [3.05, 3.63) is 11.6 Å². The monoisotopic (exact) mass is 292 g/mol. The molecule has 2 unspecified atom stereocenters. The van der Waals surface area contributed by atoms with Gasteiger partial charge in [-0.3, -0.25) is 0 Å². The van der Waals surface area contributed by atoms with Crippen molar-refractivity contribution in [3.8, 4) is 0 Å². The molecule has 0 aliphatic heterocycles. The molecule has 0 aromatic carbocycles. The van der Waals surface area contributed by atoms with Crippen LogP contribution in [0.2, 0.25) is 0 Å². The van der Waals surface area contributed by atoms with Crippen LogP contribution in [0.25, 0.3) is 0 Å². The molecule has 0 radical (unpaired) electrons. The summed E-state index contributed by atoms with van der Waals surface area (Å²) in [4.78, 5) is 0. The minimum absolute atomic E-state index is 0.261. The molecule has 0 aromatic rings. The number of allylic oxidation sites excluding steroid dienone is 2. The van der Waals surface area contributed by atoms with Gasteiger partial charge in [0, 0.05) is 5.41 Å². The molecular formula is C19H32O2. The van der Waals surface area contributed by atoms with Crippen LogP contribution in [0.15, 0.2) is 11.6 Å². The normalized spacial score (nSPS) is 45.8. The number of aliphatic hydroxyl groups excluding tert-OH is 1. The molecule has 2 nitrogen and oxygen atoms in total. The second-order valence-corrected chi connectivity index (χ2v) is 9.13. The van der Waals surface area contributed by atoms with E-state index in [0.717, 1.165) is 25.7 Å². The maximum Gasteiger partial charge on any atom is 0.157 e. The van der Waals surface area contributed by atoms with Crippen LogP contribution in [0.5, 0.6) is 0 Å². The van der Waals surface area contributed by atoms with Gasteiger partial charge >= 0.3 is 0 Å². The van der Waals surface area contributed by atoms with E-state index < -0.39 is 6.29 Å². The van der Waals surface area contributed by atoms with Gasteiger partial charge in [0.05, 0.1) is 0 Å². The first-order chi connectivity index (χ1) is 9.69. The van der Waals surface area contributed by atoms with Crippen molar-refractivity contribution in [2.75, 3.05) is 0 Å². The van der Waals surface area contributed by atoms with E-state index in [1.165, 1.54) is 19.3 Å². The van der Waals surface area contributed by atoms with Gasteiger partial charge in [-0.2, -0.15) is 0 Å². The summed E-state index contributed by atoms with van der Waals surface area (Å²) in [7, 11) is 0. The lowest BCUT2D eigenvalue weighted by Gasteiger charge is -2.60. The van der Waals surface area contributed by atoms with Crippen LogP contribution >= 0.6 is 0 Å². The van der Waals surface area contributed by atoms with Crippen molar-refractivity contribution < 1.29 is 10.2 Å². The molecule has 2 N–H and O–H groups in total. The Bertz CT molecular complexity index is 450. The third-order valence-electron chi connectivity index (χ3n) is 7.23. The zero-order chi connectivity index (χ0) is 15.5. The average molecular weight is 292 g/mol. The lowest BCUT2D eigenvalue weighted by atomic mass is 9.45. The summed E-state index contributed by atoms with van der Waals surface area (Å²) in [5.74, 6) is 1.12. The molecule has 0 spiro atoms. The molecule has 3 aliphatic rings. The molecule has 0 amide bonds. The van der Waals surface area contributed by atoms with Gasteiger partial charge in [-0.25, -0.2) is 0 Å². The average Bonchev–Trinajstić information content (AvgIpc) is 2.36. The van der Waals surface area contributed by atoms with Gasteiger partial charge in [-0.05, 0) is 61.2 Å². The number of hydrogen-bond acceptors (Lipinski definition) is 2. The van der Waals surface area contributed by atoms with Crippen LogP contribution in [0.1, 0.15) is 72.6 Å². The molecule has 3 rings (SSSR count). The van der Waals surface area contributed by atoms with Gasteiger partial charge in [-0.15, -0.1) is 0 Å². The van der Waals surface area contributed by atoms with E-state index in [0.29, 0.717) is 17.3 Å². The standard InChI is InChI=1S/C19H32O2/c1-17(2)11-8-14-13(12-17)6-7-15-18(14,3)9-5-10-19(15,4)16(20)21/h12,14-16,20-21H,5-11H2,1-4H3/t14?,15?,18-,19-/m1/s1. The summed E-state index contributed by atoms with van der Waals surface area (Å²) < 4.78 is 0. The highest BCUT2D eigenvalue weighted by molar-refractivity contribution is 5.23. The van der Waals surface area contributed by atoms with E-state index in [9.17, 15) is 10.2 Å². The highest BCUT2D eigenvalue weighted by Crippen LogP contribution is 2.64. The lowest BCUT2D eigenvalue weighted by Crippen LogP contribution is -2.55. The predicted molar refractivity (Wildman–Crippen MR) is 85.6 cm³/mol. The predicted octanol–water partition coefficient (Wildman–Crippen LogP) is 4.27. The molecule has 2 saturated carbocycles. The smallest absolute Gasteiger partial charge is 0.157 e. The van der Waals surface area contributed by atoms with Gasteiger partial charge < -0.3 is 10.2 Å². The second kappa shape index (κ2) is 4.83. The van der Waals surface area contributed by atoms with Gasteiger partial charge in [0.25, 0.3) is 0 Å². The third-order valence-corrected chi connectivity index (χ3v) is 7.23. The quantitative estimate of drug-likeness (QED) is 0.560. The van der Waals surface area contributed by atoms with E-state index in [4.69, 9.17) is 0 Å². The van der Waals surface area contributed by atoms with Crippen molar-refractivity contribution in [2.45, 2.75) is 78.9 Å². The maximum absolute atomic E-state index is 10.0. The number of fused-ring (bicyclic) bond motifs is 3. The van der Waals surface area contributed by atoms with E-state index in [-0.39, 0.29) is 10.8 Å². The van der Waals surface area contributed by atoms with Gasteiger partial charge in [-0.1, -0.05) is 45.8 Å². The summed E-state index contributed by atoms with van der Waals surface area (Å²) in [5.41, 5.74) is 1.97. The Balaban J connectivity index is 1.97. The van der Waals surface area contributed by atoms with E-state index in [1.807, 2.05) is 0 Å². The Morgan fingerprint density at radius 3 is 2.43 bits per heavy atom. The van der Waals surface area contributed by atoms with Crippen molar-refractivity contribution >= 4 is 0 Å². The molecular weight excluding hydrogens is 260 g/mol. The first-order valence-corrected chi connectivity index (χ1v) is 8.77. The minimum atomic E-state index is -1.17. The van der Waals surface area contributed by atoms with Crippen molar-refractivity contribution in [2.24, 2.45) is 28.1 Å². The molecule has 0 heterocycles. The zero-order valence-corrected chi connectivity index (χ0v) is 14.2. The summed E-state index contributed by atoms with van der Waals surface area (Å²) in [6.45, 7) is 9.26. The Morgan fingerprint density at radius 2 is 1.76 bits per heavy atom. The van der Waals surface area contributed by atoms with Crippen LogP contribution < -0.4 is 0 Å². The molecule has 2 heteroatoms. The summed E-state index contributed by atoms with van der Waals surface area (Å²) in [6, 6.07) is 0. The molecule has 0 bridgehead atoms.